The summed E-state index contributed by atoms with van der Waals surface area (Å²) >= 11 is 0. The third-order valence-corrected chi connectivity index (χ3v) is 11.6. The van der Waals surface area contributed by atoms with Crippen LogP contribution in [0.25, 0.3) is 0 Å². The lowest BCUT2D eigenvalue weighted by atomic mass is 10.1. The van der Waals surface area contributed by atoms with Crippen LogP contribution < -0.4 is 15.7 Å². The Morgan fingerprint density at radius 2 is 1.24 bits per heavy atom. The molecule has 0 spiro atoms. The lowest BCUT2D eigenvalue weighted by molar-refractivity contribution is 0.286. The minimum absolute atomic E-state index is 0.0609. The van der Waals surface area contributed by atoms with E-state index in [-0.39, 0.29) is 5.04 Å². The maximum absolute atomic E-state index is 6.99. The average Bonchev–Trinajstić information content (AvgIpc) is 2.82. The molecule has 2 rings (SSSR count). The van der Waals surface area contributed by atoms with E-state index in [0.717, 1.165) is 19.6 Å². The van der Waals surface area contributed by atoms with E-state index in [2.05, 4.69) is 113 Å². The summed E-state index contributed by atoms with van der Waals surface area (Å²) in [6, 6.07) is 22.5. The van der Waals surface area contributed by atoms with Gasteiger partial charge in [-0.3, -0.25) is 0 Å². The van der Waals surface area contributed by atoms with Crippen molar-refractivity contribution in [2.45, 2.75) is 97.1 Å². The molecule has 0 saturated carbocycles. The molecule has 0 saturated heterocycles. The summed E-state index contributed by atoms with van der Waals surface area (Å²) in [5.41, 5.74) is 0. The van der Waals surface area contributed by atoms with E-state index in [4.69, 9.17) is 4.43 Å². The third-order valence-electron chi connectivity index (χ3n) is 6.52. The third kappa shape index (κ3) is 9.17. The van der Waals surface area contributed by atoms with Crippen LogP contribution in [0.2, 0.25) is 5.04 Å². The smallest absolute Gasteiger partial charge is 0.261 e. The zero-order valence-corrected chi connectivity index (χ0v) is 23.5. The van der Waals surface area contributed by atoms with Crippen molar-refractivity contribution < 1.29 is 4.43 Å². The van der Waals surface area contributed by atoms with Crippen molar-refractivity contribution in [3.63, 3.8) is 0 Å². The first kappa shape index (κ1) is 28.6. The van der Waals surface area contributed by atoms with Gasteiger partial charge in [0, 0.05) is 12.6 Å². The lowest BCUT2D eigenvalue weighted by Gasteiger charge is -2.43. The standard InChI is InChI=1S/C31H49NOSi/c1-28(2)32-26-20-12-10-8-6-7-9-11-13-21-27-33-34(31(3,4)5,29-22-16-14-17-23-29)30-24-18-15-19-25-30/h6,8,14-19,22-25,28,32H,7,9-13,20-21,26-27H2,1-5H3. The van der Waals surface area contributed by atoms with Crippen LogP contribution in [0.1, 0.15) is 86.0 Å². The Balaban J connectivity index is 1.78. The highest BCUT2D eigenvalue weighted by Crippen LogP contribution is 2.36. The summed E-state index contributed by atoms with van der Waals surface area (Å²) < 4.78 is 6.99. The molecule has 0 atom stereocenters. The lowest BCUT2D eigenvalue weighted by Crippen LogP contribution is -2.66. The van der Waals surface area contributed by atoms with Gasteiger partial charge in [-0.2, -0.15) is 0 Å². The Morgan fingerprint density at radius 1 is 0.735 bits per heavy atom. The zero-order valence-electron chi connectivity index (χ0n) is 22.5. The fraction of sp³-hybridized carbons (Fsp3) is 0.548. The number of allylic oxidation sites excluding steroid dienone is 2. The Labute approximate surface area is 211 Å². The van der Waals surface area contributed by atoms with Gasteiger partial charge in [0.15, 0.2) is 0 Å². The molecule has 0 aliphatic carbocycles. The number of benzene rings is 2. The van der Waals surface area contributed by atoms with E-state index in [9.17, 15) is 0 Å². The fourth-order valence-corrected chi connectivity index (χ4v) is 9.32. The first-order valence-corrected chi connectivity index (χ1v) is 15.4. The first-order chi connectivity index (χ1) is 16.4. The van der Waals surface area contributed by atoms with Crippen LogP contribution in [0.5, 0.6) is 0 Å². The quantitative estimate of drug-likeness (QED) is 0.156. The van der Waals surface area contributed by atoms with Gasteiger partial charge in [-0.25, -0.2) is 0 Å². The van der Waals surface area contributed by atoms with Gasteiger partial charge in [-0.1, -0.05) is 120 Å². The van der Waals surface area contributed by atoms with Crippen molar-refractivity contribution in [1.82, 2.24) is 5.32 Å². The number of nitrogens with one attached hydrogen (secondary N) is 1. The van der Waals surface area contributed by atoms with Gasteiger partial charge in [0.2, 0.25) is 0 Å². The van der Waals surface area contributed by atoms with Crippen molar-refractivity contribution in [3.8, 4) is 0 Å². The van der Waals surface area contributed by atoms with Crippen molar-refractivity contribution in [1.29, 1.82) is 0 Å². The number of hydrogen-bond acceptors (Lipinski definition) is 2. The largest absolute Gasteiger partial charge is 0.407 e. The highest BCUT2D eigenvalue weighted by atomic mass is 28.4. The monoisotopic (exact) mass is 479 g/mol. The summed E-state index contributed by atoms with van der Waals surface area (Å²) in [6.45, 7) is 13.5. The van der Waals surface area contributed by atoms with E-state index in [1.165, 1.54) is 55.3 Å². The molecule has 0 aromatic heterocycles. The molecular weight excluding hydrogens is 430 g/mol. The Kier molecular flexibility index (Phi) is 12.9. The summed E-state index contributed by atoms with van der Waals surface area (Å²) in [6.07, 6.45) is 14.7. The molecule has 2 aromatic carbocycles. The summed E-state index contributed by atoms with van der Waals surface area (Å²) in [5.74, 6) is 0. The molecule has 0 unspecified atom stereocenters. The van der Waals surface area contributed by atoms with Gasteiger partial charge < -0.3 is 9.74 Å². The van der Waals surface area contributed by atoms with Gasteiger partial charge in [-0.05, 0) is 60.5 Å². The molecule has 0 amide bonds. The van der Waals surface area contributed by atoms with Crippen molar-refractivity contribution >= 4 is 18.7 Å². The van der Waals surface area contributed by atoms with Crippen LogP contribution >= 0.6 is 0 Å². The molecule has 0 fully saturated rings. The second kappa shape index (κ2) is 15.3. The molecule has 2 aromatic rings. The topological polar surface area (TPSA) is 21.3 Å². The molecule has 3 heteroatoms. The van der Waals surface area contributed by atoms with E-state index in [1.54, 1.807) is 0 Å². The van der Waals surface area contributed by atoms with Crippen LogP contribution in [0, 0.1) is 0 Å². The summed E-state index contributed by atoms with van der Waals surface area (Å²) in [7, 11) is -2.37. The highest BCUT2D eigenvalue weighted by Gasteiger charge is 2.49. The Hall–Kier alpha value is -1.68. The van der Waals surface area contributed by atoms with E-state index in [1.807, 2.05) is 0 Å². The molecule has 34 heavy (non-hydrogen) atoms. The zero-order chi connectivity index (χ0) is 24.7. The van der Waals surface area contributed by atoms with Crippen LogP contribution in [-0.2, 0) is 4.43 Å². The van der Waals surface area contributed by atoms with Crippen LogP contribution in [0.15, 0.2) is 72.8 Å². The van der Waals surface area contributed by atoms with E-state index < -0.39 is 8.32 Å². The van der Waals surface area contributed by atoms with Gasteiger partial charge in [-0.15, -0.1) is 0 Å². The fourth-order valence-electron chi connectivity index (χ4n) is 4.72. The number of hydrogen-bond donors (Lipinski definition) is 1. The molecular formula is C31H49NOSi. The van der Waals surface area contributed by atoms with Crippen molar-refractivity contribution in [2.24, 2.45) is 0 Å². The normalized spacial score (nSPS) is 12.6. The second-order valence-corrected chi connectivity index (χ2v) is 15.1. The van der Waals surface area contributed by atoms with Crippen LogP contribution in [0.3, 0.4) is 0 Å². The average molecular weight is 480 g/mol. The maximum atomic E-state index is 6.99. The SMILES string of the molecule is CC(C)NCCCCC=CCCCCCCO[Si](c1ccccc1)(c1ccccc1)C(C)(C)C. The first-order valence-electron chi connectivity index (χ1n) is 13.5. The molecule has 0 heterocycles. The predicted octanol–water partition coefficient (Wildman–Crippen LogP) is 7.24. The van der Waals surface area contributed by atoms with Crippen molar-refractivity contribution in [2.75, 3.05) is 13.2 Å². The molecule has 0 aliphatic rings. The molecule has 188 valence electrons. The predicted molar refractivity (Wildman–Crippen MR) is 153 cm³/mol. The minimum atomic E-state index is -2.37. The number of unbranched alkanes of at least 4 members (excludes halogenated alkanes) is 6. The van der Waals surface area contributed by atoms with Crippen molar-refractivity contribution in [3.05, 3.63) is 72.8 Å². The Morgan fingerprint density at radius 3 is 1.74 bits per heavy atom. The highest BCUT2D eigenvalue weighted by molar-refractivity contribution is 6.99. The molecule has 0 aliphatic heterocycles. The summed E-state index contributed by atoms with van der Waals surface area (Å²) in [5, 5.41) is 6.29. The van der Waals surface area contributed by atoms with Gasteiger partial charge in [0.25, 0.3) is 8.32 Å². The van der Waals surface area contributed by atoms with E-state index >= 15 is 0 Å². The van der Waals surface area contributed by atoms with Gasteiger partial charge in [0.05, 0.1) is 0 Å². The van der Waals surface area contributed by atoms with Crippen LogP contribution in [0.4, 0.5) is 0 Å². The van der Waals surface area contributed by atoms with Gasteiger partial charge >= 0.3 is 0 Å². The maximum Gasteiger partial charge on any atom is 0.261 e. The molecule has 0 radical (unpaired) electrons. The van der Waals surface area contributed by atoms with Gasteiger partial charge in [0.1, 0.15) is 0 Å². The molecule has 0 bridgehead atoms. The van der Waals surface area contributed by atoms with Crippen LogP contribution in [-0.4, -0.2) is 27.5 Å². The summed E-state index contributed by atoms with van der Waals surface area (Å²) in [4.78, 5) is 0. The number of rotatable bonds is 16. The Bertz CT molecular complexity index is 756. The van der Waals surface area contributed by atoms with E-state index in [0.29, 0.717) is 6.04 Å². The molecule has 1 N–H and O–H groups in total. The molecule has 2 nitrogen and oxygen atoms in total. The minimum Gasteiger partial charge on any atom is -0.407 e. The second-order valence-electron chi connectivity index (χ2n) is 10.8.